The van der Waals surface area contributed by atoms with E-state index in [0.717, 1.165) is 28.6 Å². The lowest BCUT2D eigenvalue weighted by atomic mass is 10.1. The zero-order valence-corrected chi connectivity index (χ0v) is 14.3. The minimum atomic E-state index is -0.0970. The summed E-state index contributed by atoms with van der Waals surface area (Å²) in [6, 6.07) is 12.0. The monoisotopic (exact) mass is 335 g/mol. The molecule has 0 bridgehead atoms. The molecule has 1 amide bonds. The number of morpholine rings is 1. The minimum Gasteiger partial charge on any atom is -0.370 e. The Morgan fingerprint density at radius 2 is 2.04 bits per heavy atom. The zero-order chi connectivity index (χ0) is 17.2. The number of pyridine rings is 1. The number of amides is 1. The summed E-state index contributed by atoms with van der Waals surface area (Å²) in [6.07, 6.45) is 5.40. The first-order valence-electron chi connectivity index (χ1n) is 8.66. The molecule has 0 aliphatic carbocycles. The summed E-state index contributed by atoms with van der Waals surface area (Å²) >= 11 is 0. The predicted octanol–water partition coefficient (Wildman–Crippen LogP) is 3.27. The Kier molecular flexibility index (Phi) is 4.24. The lowest BCUT2D eigenvalue weighted by Crippen LogP contribution is -2.42. The SMILES string of the molecule is CCn1cc(C(=O)N2CCOC(c3ccncc3)C2)c2ccccc21. The molecule has 3 heterocycles. The number of hydrogen-bond acceptors (Lipinski definition) is 3. The summed E-state index contributed by atoms with van der Waals surface area (Å²) in [7, 11) is 0. The van der Waals surface area contributed by atoms with Crippen molar-refractivity contribution < 1.29 is 9.53 Å². The summed E-state index contributed by atoms with van der Waals surface area (Å²) in [5.74, 6) is 0.0748. The van der Waals surface area contributed by atoms with Crippen LogP contribution in [0.3, 0.4) is 0 Å². The van der Waals surface area contributed by atoms with Crippen molar-refractivity contribution >= 4 is 16.8 Å². The van der Waals surface area contributed by atoms with Crippen LogP contribution in [0.5, 0.6) is 0 Å². The highest BCUT2D eigenvalue weighted by atomic mass is 16.5. The Morgan fingerprint density at radius 3 is 2.84 bits per heavy atom. The van der Waals surface area contributed by atoms with Crippen LogP contribution in [-0.4, -0.2) is 40.1 Å². The van der Waals surface area contributed by atoms with E-state index in [0.29, 0.717) is 19.7 Å². The second-order valence-corrected chi connectivity index (χ2v) is 6.24. The number of aryl methyl sites for hydroxylation is 1. The fourth-order valence-electron chi connectivity index (χ4n) is 3.46. The number of benzene rings is 1. The summed E-state index contributed by atoms with van der Waals surface area (Å²) in [6.45, 7) is 4.66. The molecule has 0 saturated carbocycles. The molecule has 5 heteroatoms. The summed E-state index contributed by atoms with van der Waals surface area (Å²) in [4.78, 5) is 19.1. The highest BCUT2D eigenvalue weighted by molar-refractivity contribution is 6.07. The van der Waals surface area contributed by atoms with Gasteiger partial charge in [0.05, 0.1) is 18.7 Å². The maximum absolute atomic E-state index is 13.2. The number of ether oxygens (including phenoxy) is 1. The molecule has 3 aromatic rings. The van der Waals surface area contributed by atoms with Gasteiger partial charge in [0.15, 0.2) is 0 Å². The fraction of sp³-hybridized carbons (Fsp3) is 0.300. The molecule has 0 N–H and O–H groups in total. The van der Waals surface area contributed by atoms with Gasteiger partial charge in [-0.3, -0.25) is 9.78 Å². The highest BCUT2D eigenvalue weighted by Crippen LogP contribution is 2.26. The lowest BCUT2D eigenvalue weighted by molar-refractivity contribution is -0.0228. The number of hydrogen-bond donors (Lipinski definition) is 0. The largest absolute Gasteiger partial charge is 0.370 e. The van der Waals surface area contributed by atoms with Crippen molar-refractivity contribution in [2.24, 2.45) is 0 Å². The van der Waals surface area contributed by atoms with E-state index < -0.39 is 0 Å². The van der Waals surface area contributed by atoms with Gasteiger partial charge in [0.25, 0.3) is 5.91 Å². The van der Waals surface area contributed by atoms with Gasteiger partial charge in [-0.1, -0.05) is 18.2 Å². The van der Waals surface area contributed by atoms with Crippen LogP contribution < -0.4 is 0 Å². The molecule has 1 fully saturated rings. The number of para-hydroxylation sites is 1. The van der Waals surface area contributed by atoms with Crippen molar-refractivity contribution in [3.05, 3.63) is 66.1 Å². The third-order valence-electron chi connectivity index (χ3n) is 4.79. The molecule has 4 rings (SSSR count). The second-order valence-electron chi connectivity index (χ2n) is 6.24. The molecular weight excluding hydrogens is 314 g/mol. The van der Waals surface area contributed by atoms with Crippen LogP contribution in [0, 0.1) is 0 Å². The first kappa shape index (κ1) is 15.8. The van der Waals surface area contributed by atoms with E-state index in [1.54, 1.807) is 12.4 Å². The lowest BCUT2D eigenvalue weighted by Gasteiger charge is -2.33. The van der Waals surface area contributed by atoms with E-state index in [2.05, 4.69) is 22.5 Å². The molecule has 0 radical (unpaired) electrons. The number of carbonyl (C=O) groups excluding carboxylic acids is 1. The molecule has 1 unspecified atom stereocenters. The molecule has 1 aliphatic rings. The van der Waals surface area contributed by atoms with Gasteiger partial charge in [-0.15, -0.1) is 0 Å². The van der Waals surface area contributed by atoms with Crippen LogP contribution in [0.2, 0.25) is 0 Å². The van der Waals surface area contributed by atoms with Gasteiger partial charge in [-0.05, 0) is 30.7 Å². The van der Waals surface area contributed by atoms with Crippen molar-refractivity contribution in [3.8, 4) is 0 Å². The third-order valence-corrected chi connectivity index (χ3v) is 4.79. The van der Waals surface area contributed by atoms with Crippen molar-refractivity contribution in [2.75, 3.05) is 19.7 Å². The quantitative estimate of drug-likeness (QED) is 0.738. The Morgan fingerprint density at radius 1 is 1.24 bits per heavy atom. The molecule has 2 aromatic heterocycles. The van der Waals surface area contributed by atoms with Crippen LogP contribution in [0.25, 0.3) is 10.9 Å². The molecule has 1 aromatic carbocycles. The highest BCUT2D eigenvalue weighted by Gasteiger charge is 2.27. The molecule has 1 aliphatic heterocycles. The molecule has 0 spiro atoms. The van der Waals surface area contributed by atoms with Gasteiger partial charge in [0, 0.05) is 42.6 Å². The van der Waals surface area contributed by atoms with Gasteiger partial charge in [0.1, 0.15) is 6.10 Å². The van der Waals surface area contributed by atoms with E-state index in [4.69, 9.17) is 4.74 Å². The van der Waals surface area contributed by atoms with Crippen LogP contribution in [0.1, 0.15) is 28.9 Å². The van der Waals surface area contributed by atoms with Gasteiger partial charge in [0.2, 0.25) is 0 Å². The zero-order valence-electron chi connectivity index (χ0n) is 14.3. The molecule has 25 heavy (non-hydrogen) atoms. The van der Waals surface area contributed by atoms with Crippen molar-refractivity contribution in [1.29, 1.82) is 0 Å². The average Bonchev–Trinajstić information content (AvgIpc) is 3.07. The second kappa shape index (κ2) is 6.69. The van der Waals surface area contributed by atoms with Crippen molar-refractivity contribution in [3.63, 3.8) is 0 Å². The molecule has 5 nitrogen and oxygen atoms in total. The van der Waals surface area contributed by atoms with Crippen molar-refractivity contribution in [1.82, 2.24) is 14.5 Å². The Balaban J connectivity index is 1.63. The molecule has 128 valence electrons. The van der Waals surface area contributed by atoms with E-state index in [1.807, 2.05) is 41.4 Å². The van der Waals surface area contributed by atoms with Gasteiger partial charge >= 0.3 is 0 Å². The number of nitrogens with zero attached hydrogens (tertiary/aromatic N) is 3. The molecular formula is C20H21N3O2. The van der Waals surface area contributed by atoms with Crippen LogP contribution in [0.15, 0.2) is 55.0 Å². The van der Waals surface area contributed by atoms with Gasteiger partial charge in [-0.25, -0.2) is 0 Å². The Bertz CT molecular complexity index is 888. The molecule has 1 atom stereocenters. The van der Waals surface area contributed by atoms with Gasteiger partial charge in [-0.2, -0.15) is 0 Å². The van der Waals surface area contributed by atoms with Crippen LogP contribution >= 0.6 is 0 Å². The Hall–Kier alpha value is -2.66. The van der Waals surface area contributed by atoms with Crippen molar-refractivity contribution in [2.45, 2.75) is 19.6 Å². The van der Waals surface area contributed by atoms with E-state index in [-0.39, 0.29) is 12.0 Å². The summed E-state index contributed by atoms with van der Waals surface area (Å²) in [5.41, 5.74) is 2.93. The standard InChI is InChI=1S/C20H21N3O2/c1-2-22-13-17(16-5-3-4-6-18(16)22)20(24)23-11-12-25-19(14-23)15-7-9-21-10-8-15/h3-10,13,19H,2,11-12,14H2,1H3. The van der Waals surface area contributed by atoms with E-state index in [9.17, 15) is 4.79 Å². The minimum absolute atomic E-state index is 0.0748. The number of aromatic nitrogens is 2. The third kappa shape index (κ3) is 2.91. The summed E-state index contributed by atoms with van der Waals surface area (Å²) in [5, 5.41) is 1.02. The molecule has 1 saturated heterocycles. The van der Waals surface area contributed by atoms with E-state index >= 15 is 0 Å². The smallest absolute Gasteiger partial charge is 0.256 e. The Labute approximate surface area is 146 Å². The first-order chi connectivity index (χ1) is 12.3. The number of rotatable bonds is 3. The van der Waals surface area contributed by atoms with Gasteiger partial charge < -0.3 is 14.2 Å². The maximum atomic E-state index is 13.2. The fourth-order valence-corrected chi connectivity index (χ4v) is 3.46. The normalized spacial score (nSPS) is 17.8. The topological polar surface area (TPSA) is 47.4 Å². The van der Waals surface area contributed by atoms with Crippen LogP contribution in [-0.2, 0) is 11.3 Å². The number of fused-ring (bicyclic) bond motifs is 1. The number of carbonyl (C=O) groups is 1. The summed E-state index contributed by atoms with van der Waals surface area (Å²) < 4.78 is 8.00. The van der Waals surface area contributed by atoms with E-state index in [1.165, 1.54) is 0 Å². The maximum Gasteiger partial charge on any atom is 0.256 e. The predicted molar refractivity (Wildman–Crippen MR) is 96.4 cm³/mol. The van der Waals surface area contributed by atoms with Crippen LogP contribution in [0.4, 0.5) is 0 Å². The average molecular weight is 335 g/mol. The first-order valence-corrected chi connectivity index (χ1v) is 8.66.